The van der Waals surface area contributed by atoms with Gasteiger partial charge in [0.2, 0.25) is 0 Å². The van der Waals surface area contributed by atoms with Gasteiger partial charge in [-0.2, -0.15) is 0 Å². The van der Waals surface area contributed by atoms with Gasteiger partial charge in [-0.05, 0) is 36.8 Å². The zero-order chi connectivity index (χ0) is 18.8. The van der Waals surface area contributed by atoms with Crippen molar-refractivity contribution in [3.05, 3.63) is 60.0 Å². The molecule has 1 unspecified atom stereocenters. The number of carboxylic acids is 1. The van der Waals surface area contributed by atoms with Crippen molar-refractivity contribution in [2.75, 3.05) is 31.1 Å². The van der Waals surface area contributed by atoms with Crippen molar-refractivity contribution in [3.8, 4) is 0 Å². The maximum absolute atomic E-state index is 11.0. The van der Waals surface area contributed by atoms with Crippen LogP contribution in [0, 0.1) is 0 Å². The SMILES string of the molecule is CC(c1ccc2nccnc2c1)N1CCN(c2ccc(C(=O)O)cn2)CC1. The van der Waals surface area contributed by atoms with E-state index in [1.165, 1.54) is 11.8 Å². The van der Waals surface area contributed by atoms with E-state index in [4.69, 9.17) is 5.11 Å². The predicted octanol–water partition coefficient (Wildman–Crippen LogP) is 2.61. The smallest absolute Gasteiger partial charge is 0.337 e. The molecule has 1 aliphatic heterocycles. The van der Waals surface area contributed by atoms with Gasteiger partial charge in [-0.25, -0.2) is 9.78 Å². The molecule has 1 N–H and O–H groups in total. The lowest BCUT2D eigenvalue weighted by atomic mass is 10.0. The van der Waals surface area contributed by atoms with E-state index in [0.29, 0.717) is 6.04 Å². The molecule has 2 aromatic heterocycles. The summed E-state index contributed by atoms with van der Waals surface area (Å²) in [5.41, 5.74) is 3.28. The molecule has 0 aliphatic carbocycles. The highest BCUT2D eigenvalue weighted by atomic mass is 16.4. The van der Waals surface area contributed by atoms with Crippen molar-refractivity contribution in [2.45, 2.75) is 13.0 Å². The van der Waals surface area contributed by atoms with E-state index >= 15 is 0 Å². The Kier molecular flexibility index (Phi) is 4.68. The van der Waals surface area contributed by atoms with Crippen molar-refractivity contribution in [2.24, 2.45) is 0 Å². The van der Waals surface area contributed by atoms with Gasteiger partial charge in [0.15, 0.2) is 0 Å². The molecule has 1 fully saturated rings. The van der Waals surface area contributed by atoms with Crippen LogP contribution in [0.25, 0.3) is 11.0 Å². The quantitative estimate of drug-likeness (QED) is 0.763. The normalized spacial score (nSPS) is 16.4. The molecule has 0 bridgehead atoms. The molecular formula is C20H21N5O2. The number of benzene rings is 1. The predicted molar refractivity (Wildman–Crippen MR) is 103 cm³/mol. The van der Waals surface area contributed by atoms with Gasteiger partial charge in [-0.3, -0.25) is 14.9 Å². The van der Waals surface area contributed by atoms with E-state index in [9.17, 15) is 4.79 Å². The first-order chi connectivity index (χ1) is 13.1. The molecule has 138 valence electrons. The number of anilines is 1. The third-order valence-corrected chi connectivity index (χ3v) is 5.16. The number of rotatable bonds is 4. The van der Waals surface area contributed by atoms with E-state index in [0.717, 1.165) is 43.0 Å². The van der Waals surface area contributed by atoms with Crippen LogP contribution in [0.1, 0.15) is 28.9 Å². The Balaban J connectivity index is 1.42. The molecular weight excluding hydrogens is 342 g/mol. The minimum absolute atomic E-state index is 0.213. The zero-order valence-corrected chi connectivity index (χ0v) is 15.1. The number of carboxylic acid groups (broad SMARTS) is 1. The third kappa shape index (κ3) is 3.59. The number of aromatic nitrogens is 3. The van der Waals surface area contributed by atoms with Gasteiger partial charge >= 0.3 is 5.97 Å². The molecule has 1 atom stereocenters. The lowest BCUT2D eigenvalue weighted by Gasteiger charge is -2.38. The van der Waals surface area contributed by atoms with Crippen molar-refractivity contribution in [1.29, 1.82) is 0 Å². The van der Waals surface area contributed by atoms with Gasteiger partial charge < -0.3 is 10.0 Å². The van der Waals surface area contributed by atoms with E-state index in [-0.39, 0.29) is 5.56 Å². The highest BCUT2D eigenvalue weighted by Crippen LogP contribution is 2.25. The molecule has 3 heterocycles. The number of aromatic carboxylic acids is 1. The number of fused-ring (bicyclic) bond motifs is 1. The van der Waals surface area contributed by atoms with Gasteiger partial charge in [0.05, 0.1) is 16.6 Å². The summed E-state index contributed by atoms with van der Waals surface area (Å²) < 4.78 is 0. The fourth-order valence-electron chi connectivity index (χ4n) is 3.49. The van der Waals surface area contributed by atoms with Crippen LogP contribution >= 0.6 is 0 Å². The van der Waals surface area contributed by atoms with E-state index < -0.39 is 5.97 Å². The van der Waals surface area contributed by atoms with Crippen LogP contribution < -0.4 is 4.90 Å². The van der Waals surface area contributed by atoms with Crippen LogP contribution in [0.5, 0.6) is 0 Å². The minimum atomic E-state index is -0.951. The lowest BCUT2D eigenvalue weighted by molar-refractivity contribution is 0.0696. The summed E-state index contributed by atoms with van der Waals surface area (Å²) in [6.45, 7) is 5.77. The minimum Gasteiger partial charge on any atom is -0.478 e. The second kappa shape index (κ2) is 7.28. The summed E-state index contributed by atoms with van der Waals surface area (Å²) in [5, 5.41) is 8.99. The molecule has 3 aromatic rings. The lowest BCUT2D eigenvalue weighted by Crippen LogP contribution is -2.47. The zero-order valence-electron chi connectivity index (χ0n) is 15.1. The van der Waals surface area contributed by atoms with Crippen LogP contribution in [0.2, 0.25) is 0 Å². The van der Waals surface area contributed by atoms with Gasteiger partial charge in [0.25, 0.3) is 0 Å². The molecule has 1 aliphatic rings. The van der Waals surface area contributed by atoms with Crippen LogP contribution in [0.15, 0.2) is 48.9 Å². The molecule has 1 saturated heterocycles. The topological polar surface area (TPSA) is 82.5 Å². The Morgan fingerprint density at radius 3 is 2.41 bits per heavy atom. The van der Waals surface area contributed by atoms with Crippen LogP contribution in [0.3, 0.4) is 0 Å². The average Bonchev–Trinajstić information content (AvgIpc) is 2.73. The van der Waals surface area contributed by atoms with Gasteiger partial charge in [-0.1, -0.05) is 6.07 Å². The number of pyridine rings is 1. The summed E-state index contributed by atoms with van der Waals surface area (Å²) >= 11 is 0. The van der Waals surface area contributed by atoms with Crippen LogP contribution in [0.4, 0.5) is 5.82 Å². The molecule has 0 radical (unpaired) electrons. The van der Waals surface area contributed by atoms with Crippen molar-refractivity contribution in [3.63, 3.8) is 0 Å². The monoisotopic (exact) mass is 363 g/mol. The fraction of sp³-hybridized carbons (Fsp3) is 0.300. The maximum Gasteiger partial charge on any atom is 0.337 e. The van der Waals surface area contributed by atoms with Crippen LogP contribution in [-0.4, -0.2) is 57.1 Å². The molecule has 1 aromatic carbocycles. The van der Waals surface area contributed by atoms with E-state index in [1.54, 1.807) is 24.5 Å². The maximum atomic E-state index is 11.0. The van der Waals surface area contributed by atoms with E-state index in [2.05, 4.69) is 43.8 Å². The number of nitrogens with zero attached hydrogens (tertiary/aromatic N) is 5. The Morgan fingerprint density at radius 2 is 1.74 bits per heavy atom. The average molecular weight is 363 g/mol. The van der Waals surface area contributed by atoms with Gasteiger partial charge in [0, 0.05) is 50.8 Å². The number of carbonyl (C=O) groups is 1. The number of hydrogen-bond acceptors (Lipinski definition) is 6. The van der Waals surface area contributed by atoms with Gasteiger partial charge in [-0.15, -0.1) is 0 Å². The summed E-state index contributed by atoms with van der Waals surface area (Å²) in [5.74, 6) is -0.124. The summed E-state index contributed by atoms with van der Waals surface area (Å²) in [4.78, 5) is 28.6. The molecule has 27 heavy (non-hydrogen) atoms. The largest absolute Gasteiger partial charge is 0.478 e. The molecule has 0 spiro atoms. The Morgan fingerprint density at radius 1 is 1.00 bits per heavy atom. The second-order valence-corrected chi connectivity index (χ2v) is 6.71. The first kappa shape index (κ1) is 17.4. The Labute approximate surface area is 157 Å². The summed E-state index contributed by atoms with van der Waals surface area (Å²) in [7, 11) is 0. The summed E-state index contributed by atoms with van der Waals surface area (Å²) in [6.07, 6.45) is 4.85. The third-order valence-electron chi connectivity index (χ3n) is 5.16. The first-order valence-electron chi connectivity index (χ1n) is 9.01. The standard InChI is InChI=1S/C20H21N5O2/c1-14(15-2-4-17-18(12-15)22-7-6-21-17)24-8-10-25(11-9-24)19-5-3-16(13-23-19)20(26)27/h2-7,12-14H,8-11H2,1H3,(H,26,27). The molecule has 0 saturated carbocycles. The van der Waals surface area contributed by atoms with Crippen LogP contribution in [-0.2, 0) is 0 Å². The number of hydrogen-bond donors (Lipinski definition) is 1. The van der Waals surface area contributed by atoms with Crippen molar-refractivity contribution < 1.29 is 9.90 Å². The van der Waals surface area contributed by atoms with Gasteiger partial charge in [0.1, 0.15) is 5.82 Å². The molecule has 7 heteroatoms. The first-order valence-corrected chi connectivity index (χ1v) is 9.01. The van der Waals surface area contributed by atoms with E-state index in [1.807, 2.05) is 6.07 Å². The summed E-state index contributed by atoms with van der Waals surface area (Å²) in [6, 6.07) is 9.95. The Bertz CT molecular complexity index is 952. The highest BCUT2D eigenvalue weighted by molar-refractivity contribution is 5.87. The fourth-order valence-corrected chi connectivity index (χ4v) is 3.49. The number of piperazine rings is 1. The highest BCUT2D eigenvalue weighted by Gasteiger charge is 2.23. The molecule has 4 rings (SSSR count). The Hall–Kier alpha value is -3.06. The van der Waals surface area contributed by atoms with Crippen molar-refractivity contribution >= 4 is 22.8 Å². The second-order valence-electron chi connectivity index (χ2n) is 6.71. The molecule has 0 amide bonds. The van der Waals surface area contributed by atoms with Crippen molar-refractivity contribution in [1.82, 2.24) is 19.9 Å². The molecule has 7 nitrogen and oxygen atoms in total.